The number of hydrogen-bond donors (Lipinski definition) is 0. The van der Waals surface area contributed by atoms with Gasteiger partial charge in [-0.05, 0) is 43.0 Å². The van der Waals surface area contributed by atoms with Crippen molar-refractivity contribution < 1.29 is 12.3 Å². The van der Waals surface area contributed by atoms with E-state index in [2.05, 4.69) is 0 Å². The number of nitrogens with zero attached hydrogens (tertiary/aromatic N) is 1. The molecule has 0 saturated heterocycles. The summed E-state index contributed by atoms with van der Waals surface area (Å²) in [6.45, 7) is 14.5. The van der Waals surface area contributed by atoms with Gasteiger partial charge in [0.1, 0.15) is 0 Å². The lowest BCUT2D eigenvalue weighted by Crippen LogP contribution is -2.72. The molecule has 0 N–H and O–H groups in total. The molecule has 0 heterocycles. The molecule has 0 radical (unpaired) electrons. The van der Waals surface area contributed by atoms with Crippen LogP contribution in [0.3, 0.4) is 0 Å². The monoisotopic (exact) mass is 437 g/mol. The Morgan fingerprint density at radius 3 is 1.79 bits per heavy atom. The van der Waals surface area contributed by atoms with Gasteiger partial charge in [0, 0.05) is 16.8 Å². The molecule has 6 heteroatoms. The summed E-state index contributed by atoms with van der Waals surface area (Å²) in [4.78, 5) is 0. The van der Waals surface area contributed by atoms with Crippen LogP contribution in [0.2, 0.25) is 11.1 Å². The molecule has 0 amide bonds. The fourth-order valence-electron chi connectivity index (χ4n) is 4.21. The molecule has 0 aromatic heterocycles. The Morgan fingerprint density at radius 1 is 0.897 bits per heavy atom. The summed E-state index contributed by atoms with van der Waals surface area (Å²) < 4.78 is 50.6. The van der Waals surface area contributed by atoms with Crippen molar-refractivity contribution in [3.63, 3.8) is 0 Å². The summed E-state index contributed by atoms with van der Waals surface area (Å²) in [5.74, 6) is -0.209. The van der Waals surface area contributed by atoms with Crippen molar-refractivity contribution in [2.75, 3.05) is 4.23 Å². The van der Waals surface area contributed by atoms with E-state index in [1.807, 2.05) is 32.9 Å². The summed E-state index contributed by atoms with van der Waals surface area (Å²) in [6.07, 6.45) is 0. The van der Waals surface area contributed by atoms with Gasteiger partial charge >= 0.3 is 17.5 Å². The molecule has 29 heavy (non-hydrogen) atoms. The fourth-order valence-corrected chi connectivity index (χ4v) is 12.6. The third-order valence-corrected chi connectivity index (χ3v) is 13.3. The van der Waals surface area contributed by atoms with Gasteiger partial charge < -0.3 is 4.23 Å². The van der Waals surface area contributed by atoms with Crippen molar-refractivity contribution in [3.8, 4) is 0 Å². The van der Waals surface area contributed by atoms with Crippen LogP contribution in [0.4, 0.5) is 18.0 Å². The minimum atomic E-state index is -5.12. The highest BCUT2D eigenvalue weighted by Gasteiger charge is 2.63. The van der Waals surface area contributed by atoms with Crippen LogP contribution in [0.25, 0.3) is 0 Å². The molecule has 0 saturated carbocycles. The summed E-state index contributed by atoms with van der Waals surface area (Å²) in [6, 6.07) is 12.2. The molecule has 0 aliphatic heterocycles. The van der Waals surface area contributed by atoms with Gasteiger partial charge in [-0.2, -0.15) is 0 Å². The normalized spacial score (nSPS) is 14.8. The highest BCUT2D eigenvalue weighted by atomic mass is 28.5. The van der Waals surface area contributed by atoms with E-state index >= 15 is 12.3 Å². The maximum absolute atomic E-state index is 17.4. The van der Waals surface area contributed by atoms with Crippen molar-refractivity contribution in [1.29, 1.82) is 0 Å². The Balaban J connectivity index is 2.92. The molecule has 1 atom stereocenters. The number of halogens is 3. The quantitative estimate of drug-likeness (QED) is 0.345. The first-order chi connectivity index (χ1) is 13.2. The Kier molecular flexibility index (Phi) is 6.80. The minimum Gasteiger partial charge on any atom is -0.346 e. The SMILES string of the molecule is Cc1cc(C)c(N([Si](F)(F)CC(C)C)[Si](F)(c2ccccc2)C(C)(C)C)c(C)c1. The second-order valence-corrected chi connectivity index (χ2v) is 16.0. The molecule has 0 bridgehead atoms. The fraction of sp³-hybridized carbons (Fsp3) is 0.478. The largest absolute Gasteiger partial charge is 0.531 e. The van der Waals surface area contributed by atoms with Crippen LogP contribution in [0.1, 0.15) is 51.3 Å². The van der Waals surface area contributed by atoms with E-state index in [1.165, 1.54) is 0 Å². The predicted molar refractivity (Wildman–Crippen MR) is 123 cm³/mol. The van der Waals surface area contributed by atoms with Crippen LogP contribution in [0, 0.1) is 26.7 Å². The third kappa shape index (κ3) is 4.63. The van der Waals surface area contributed by atoms with Gasteiger partial charge in [0.2, 0.25) is 0 Å². The van der Waals surface area contributed by atoms with E-state index in [9.17, 15) is 0 Å². The summed E-state index contributed by atoms with van der Waals surface area (Å²) in [7, 11) is -9.46. The molecule has 2 aromatic rings. The molecular weight excluding hydrogens is 403 g/mol. The Morgan fingerprint density at radius 2 is 1.38 bits per heavy atom. The number of anilines is 1. The number of hydrogen-bond acceptors (Lipinski definition) is 1. The number of rotatable bonds is 6. The summed E-state index contributed by atoms with van der Waals surface area (Å²) >= 11 is 0. The van der Waals surface area contributed by atoms with Crippen LogP contribution in [-0.2, 0) is 0 Å². The molecule has 1 nitrogen and oxygen atoms in total. The Labute approximate surface area is 176 Å². The Bertz CT molecular complexity index is 824. The molecule has 2 rings (SSSR count). The predicted octanol–water partition coefficient (Wildman–Crippen LogP) is 7.07. The summed E-state index contributed by atoms with van der Waals surface area (Å²) in [5.41, 5.74) is 2.82. The van der Waals surface area contributed by atoms with Gasteiger partial charge in [0.05, 0.1) is 0 Å². The molecule has 1 unspecified atom stereocenters. The van der Waals surface area contributed by atoms with E-state index in [-0.39, 0.29) is 12.0 Å². The van der Waals surface area contributed by atoms with E-state index in [0.717, 1.165) is 9.79 Å². The second kappa shape index (κ2) is 8.30. The molecule has 0 aliphatic carbocycles. The molecule has 0 aliphatic rings. The number of aryl methyl sites for hydroxylation is 3. The van der Waals surface area contributed by atoms with Crippen LogP contribution in [0.15, 0.2) is 42.5 Å². The van der Waals surface area contributed by atoms with Crippen molar-refractivity contribution in [1.82, 2.24) is 0 Å². The third-order valence-electron chi connectivity index (χ3n) is 5.30. The molecule has 0 fully saturated rings. The first-order valence-electron chi connectivity index (χ1n) is 10.2. The van der Waals surface area contributed by atoms with E-state index in [0.29, 0.717) is 22.0 Å². The van der Waals surface area contributed by atoms with Crippen molar-refractivity contribution in [2.45, 2.75) is 66.5 Å². The van der Waals surface area contributed by atoms with Crippen molar-refractivity contribution >= 4 is 28.3 Å². The van der Waals surface area contributed by atoms with Crippen molar-refractivity contribution in [2.24, 2.45) is 5.92 Å². The lowest BCUT2D eigenvalue weighted by molar-refractivity contribution is 0.536. The zero-order valence-electron chi connectivity index (χ0n) is 18.9. The second-order valence-electron chi connectivity index (χ2n) is 9.58. The maximum Gasteiger partial charge on any atom is 0.531 e. The zero-order chi connectivity index (χ0) is 22.2. The highest BCUT2D eigenvalue weighted by Crippen LogP contribution is 2.47. The van der Waals surface area contributed by atoms with Gasteiger partial charge in [-0.15, -0.1) is 0 Å². The molecule has 2 aromatic carbocycles. The first kappa shape index (κ1) is 23.7. The van der Waals surface area contributed by atoms with Crippen LogP contribution in [0.5, 0.6) is 0 Å². The van der Waals surface area contributed by atoms with Gasteiger partial charge in [0.25, 0.3) is 0 Å². The van der Waals surface area contributed by atoms with Crippen molar-refractivity contribution in [3.05, 3.63) is 59.2 Å². The topological polar surface area (TPSA) is 3.24 Å². The molecule has 0 spiro atoms. The maximum atomic E-state index is 17.4. The zero-order valence-corrected chi connectivity index (χ0v) is 20.9. The molecular formula is C23H34F3NSi2. The van der Waals surface area contributed by atoms with Gasteiger partial charge in [0.15, 0.2) is 0 Å². The van der Waals surface area contributed by atoms with Crippen LogP contribution in [-0.4, -0.2) is 17.5 Å². The van der Waals surface area contributed by atoms with E-state index < -0.39 is 22.5 Å². The van der Waals surface area contributed by atoms with Crippen LogP contribution >= 0.6 is 0 Å². The van der Waals surface area contributed by atoms with Crippen LogP contribution < -0.4 is 9.42 Å². The van der Waals surface area contributed by atoms with E-state index in [1.54, 1.807) is 65.0 Å². The first-order valence-corrected chi connectivity index (χ1v) is 14.0. The standard InChI is InChI=1S/C23H34F3NSi2/c1-17(2)16-28(24,25)27(22-19(4)14-18(3)15-20(22)5)29(26,23(6,7)8)21-12-10-9-11-13-21/h9-15,17H,16H2,1-8H3. The Hall–Kier alpha value is -1.54. The van der Waals surface area contributed by atoms with Gasteiger partial charge in [-0.25, -0.2) is 8.22 Å². The van der Waals surface area contributed by atoms with Gasteiger partial charge in [-0.1, -0.05) is 82.6 Å². The minimum absolute atomic E-state index is 0.209. The average Bonchev–Trinajstić information content (AvgIpc) is 2.55. The number of benzene rings is 2. The highest BCUT2D eigenvalue weighted by molar-refractivity contribution is 7.02. The van der Waals surface area contributed by atoms with E-state index in [4.69, 9.17) is 0 Å². The molecule has 160 valence electrons. The van der Waals surface area contributed by atoms with Gasteiger partial charge in [-0.3, -0.25) is 4.11 Å². The lowest BCUT2D eigenvalue weighted by atomic mass is 10.1. The average molecular weight is 438 g/mol. The lowest BCUT2D eigenvalue weighted by Gasteiger charge is -2.48. The smallest absolute Gasteiger partial charge is 0.346 e. The summed E-state index contributed by atoms with van der Waals surface area (Å²) in [5, 5.41) is -0.534.